The SMILES string of the molecule is Cn1nc2c(cc1=O)CC(C(=O)NCc1ccco1)CC2. The number of rotatable bonds is 3. The summed E-state index contributed by atoms with van der Waals surface area (Å²) in [6.07, 6.45) is 3.63. The lowest BCUT2D eigenvalue weighted by Gasteiger charge is -2.23. The Morgan fingerprint density at radius 2 is 2.43 bits per heavy atom. The van der Waals surface area contributed by atoms with Crippen molar-refractivity contribution in [2.24, 2.45) is 13.0 Å². The molecule has 1 unspecified atom stereocenters. The van der Waals surface area contributed by atoms with Crippen molar-refractivity contribution in [3.05, 3.63) is 51.8 Å². The van der Waals surface area contributed by atoms with Crippen molar-refractivity contribution < 1.29 is 9.21 Å². The Morgan fingerprint density at radius 3 is 3.19 bits per heavy atom. The van der Waals surface area contributed by atoms with E-state index in [9.17, 15) is 9.59 Å². The van der Waals surface area contributed by atoms with Gasteiger partial charge in [-0.15, -0.1) is 0 Å². The molecular weight excluding hydrogens is 270 g/mol. The second-order valence-electron chi connectivity index (χ2n) is 5.32. The number of aryl methyl sites for hydroxylation is 2. The summed E-state index contributed by atoms with van der Waals surface area (Å²) in [7, 11) is 1.64. The summed E-state index contributed by atoms with van der Waals surface area (Å²) >= 11 is 0. The molecule has 0 bridgehead atoms. The largest absolute Gasteiger partial charge is 0.467 e. The Kier molecular flexibility index (Phi) is 3.60. The highest BCUT2D eigenvalue weighted by Gasteiger charge is 2.26. The van der Waals surface area contributed by atoms with Crippen LogP contribution in [0.25, 0.3) is 0 Å². The van der Waals surface area contributed by atoms with E-state index in [2.05, 4.69) is 10.4 Å². The lowest BCUT2D eigenvalue weighted by Crippen LogP contribution is -2.35. The normalized spacial score (nSPS) is 17.3. The maximum Gasteiger partial charge on any atom is 0.266 e. The van der Waals surface area contributed by atoms with Crippen LogP contribution in [-0.2, 0) is 31.2 Å². The van der Waals surface area contributed by atoms with Gasteiger partial charge in [-0.05, 0) is 37.0 Å². The number of nitrogens with one attached hydrogen (secondary N) is 1. The lowest BCUT2D eigenvalue weighted by atomic mass is 9.86. The summed E-state index contributed by atoms with van der Waals surface area (Å²) < 4.78 is 6.53. The quantitative estimate of drug-likeness (QED) is 0.905. The summed E-state index contributed by atoms with van der Waals surface area (Å²) in [6, 6.07) is 5.21. The topological polar surface area (TPSA) is 77.1 Å². The number of furan rings is 1. The average molecular weight is 287 g/mol. The Labute approximate surface area is 121 Å². The molecule has 0 fully saturated rings. The monoisotopic (exact) mass is 287 g/mol. The molecule has 0 spiro atoms. The first-order chi connectivity index (χ1) is 10.1. The number of hydrogen-bond donors (Lipinski definition) is 1. The maximum atomic E-state index is 12.2. The van der Waals surface area contributed by atoms with E-state index in [0.29, 0.717) is 13.0 Å². The first-order valence-corrected chi connectivity index (χ1v) is 6.99. The molecule has 6 heteroatoms. The van der Waals surface area contributed by atoms with Gasteiger partial charge < -0.3 is 9.73 Å². The third-order valence-electron chi connectivity index (χ3n) is 3.84. The summed E-state index contributed by atoms with van der Waals surface area (Å²) in [4.78, 5) is 23.8. The van der Waals surface area contributed by atoms with Crippen molar-refractivity contribution in [3.8, 4) is 0 Å². The van der Waals surface area contributed by atoms with Crippen molar-refractivity contribution in [3.63, 3.8) is 0 Å². The van der Waals surface area contributed by atoms with Crippen LogP contribution < -0.4 is 10.9 Å². The minimum Gasteiger partial charge on any atom is -0.467 e. The van der Waals surface area contributed by atoms with Crippen LogP contribution in [0.5, 0.6) is 0 Å². The van der Waals surface area contributed by atoms with Crippen LogP contribution in [-0.4, -0.2) is 15.7 Å². The Hall–Kier alpha value is -2.37. The number of aromatic nitrogens is 2. The van der Waals surface area contributed by atoms with Crippen LogP contribution in [0.1, 0.15) is 23.4 Å². The predicted molar refractivity (Wildman–Crippen MR) is 75.5 cm³/mol. The third kappa shape index (κ3) is 2.89. The molecule has 1 amide bonds. The van der Waals surface area contributed by atoms with E-state index in [1.807, 2.05) is 6.07 Å². The lowest BCUT2D eigenvalue weighted by molar-refractivity contribution is -0.125. The molecule has 1 aliphatic rings. The summed E-state index contributed by atoms with van der Waals surface area (Å²) in [5.74, 6) is 0.620. The van der Waals surface area contributed by atoms with Crippen molar-refractivity contribution in [2.75, 3.05) is 0 Å². The van der Waals surface area contributed by atoms with Gasteiger partial charge in [0, 0.05) is 19.0 Å². The highest BCUT2D eigenvalue weighted by atomic mass is 16.3. The highest BCUT2D eigenvalue weighted by Crippen LogP contribution is 2.23. The van der Waals surface area contributed by atoms with Crippen LogP contribution in [0.2, 0.25) is 0 Å². The van der Waals surface area contributed by atoms with E-state index in [0.717, 1.165) is 29.9 Å². The van der Waals surface area contributed by atoms with E-state index < -0.39 is 0 Å². The molecule has 2 heterocycles. The molecule has 21 heavy (non-hydrogen) atoms. The first-order valence-electron chi connectivity index (χ1n) is 6.99. The van der Waals surface area contributed by atoms with Crippen molar-refractivity contribution >= 4 is 5.91 Å². The highest BCUT2D eigenvalue weighted by molar-refractivity contribution is 5.79. The minimum atomic E-state index is -0.134. The molecule has 6 nitrogen and oxygen atoms in total. The van der Waals surface area contributed by atoms with Crippen molar-refractivity contribution in [2.45, 2.75) is 25.8 Å². The number of carbonyl (C=O) groups excluding carboxylic acids is 1. The second kappa shape index (κ2) is 5.55. The number of fused-ring (bicyclic) bond motifs is 1. The van der Waals surface area contributed by atoms with Gasteiger partial charge in [0.1, 0.15) is 5.76 Å². The molecule has 2 aromatic rings. The van der Waals surface area contributed by atoms with Crippen LogP contribution >= 0.6 is 0 Å². The fraction of sp³-hybridized carbons (Fsp3) is 0.400. The molecular formula is C15H17N3O3. The molecule has 110 valence electrons. The second-order valence-corrected chi connectivity index (χ2v) is 5.32. The molecule has 0 saturated carbocycles. The van der Waals surface area contributed by atoms with Gasteiger partial charge in [-0.1, -0.05) is 0 Å². The van der Waals surface area contributed by atoms with Gasteiger partial charge in [-0.3, -0.25) is 9.59 Å². The molecule has 1 atom stereocenters. The van der Waals surface area contributed by atoms with Crippen LogP contribution in [0.4, 0.5) is 0 Å². The van der Waals surface area contributed by atoms with E-state index in [1.54, 1.807) is 25.4 Å². The maximum absolute atomic E-state index is 12.2. The van der Waals surface area contributed by atoms with E-state index >= 15 is 0 Å². The van der Waals surface area contributed by atoms with Gasteiger partial charge >= 0.3 is 0 Å². The van der Waals surface area contributed by atoms with Crippen molar-refractivity contribution in [1.29, 1.82) is 0 Å². The van der Waals surface area contributed by atoms with E-state index in [1.165, 1.54) is 4.68 Å². The van der Waals surface area contributed by atoms with E-state index in [4.69, 9.17) is 4.42 Å². The zero-order valence-electron chi connectivity index (χ0n) is 11.8. The summed E-state index contributed by atoms with van der Waals surface area (Å²) in [5.41, 5.74) is 1.68. The summed E-state index contributed by atoms with van der Waals surface area (Å²) in [5, 5.41) is 7.13. The number of carbonyl (C=O) groups is 1. The Balaban J connectivity index is 1.66. The van der Waals surface area contributed by atoms with Gasteiger partial charge in [0.25, 0.3) is 5.56 Å². The number of hydrogen-bond acceptors (Lipinski definition) is 4. The van der Waals surface area contributed by atoms with Gasteiger partial charge in [-0.25, -0.2) is 4.68 Å². The summed E-state index contributed by atoms with van der Waals surface area (Å²) in [6.45, 7) is 0.393. The fourth-order valence-electron chi connectivity index (χ4n) is 2.64. The van der Waals surface area contributed by atoms with Crippen LogP contribution in [0.3, 0.4) is 0 Å². The standard InChI is InChI=1S/C15H17N3O3/c1-18-14(19)8-11-7-10(4-5-13(11)17-18)15(20)16-9-12-3-2-6-21-12/h2-3,6,8,10H,4-5,7,9H2,1H3,(H,16,20). The van der Waals surface area contributed by atoms with Gasteiger partial charge in [-0.2, -0.15) is 5.10 Å². The van der Waals surface area contributed by atoms with Crippen molar-refractivity contribution in [1.82, 2.24) is 15.1 Å². The van der Waals surface area contributed by atoms with Crippen LogP contribution in [0, 0.1) is 5.92 Å². The zero-order chi connectivity index (χ0) is 14.8. The molecule has 1 N–H and O–H groups in total. The smallest absolute Gasteiger partial charge is 0.266 e. The number of nitrogens with zero attached hydrogens (tertiary/aromatic N) is 2. The van der Waals surface area contributed by atoms with Crippen LogP contribution in [0.15, 0.2) is 33.7 Å². The first kappa shape index (κ1) is 13.6. The molecule has 0 aromatic carbocycles. The molecule has 3 rings (SSSR count). The predicted octanol–water partition coefficient (Wildman–Crippen LogP) is 0.795. The third-order valence-corrected chi connectivity index (χ3v) is 3.84. The Morgan fingerprint density at radius 1 is 1.57 bits per heavy atom. The zero-order valence-corrected chi connectivity index (χ0v) is 11.8. The molecule has 2 aromatic heterocycles. The molecule has 0 radical (unpaired) electrons. The molecule has 0 saturated heterocycles. The molecule has 0 aliphatic heterocycles. The van der Waals surface area contributed by atoms with E-state index in [-0.39, 0.29) is 17.4 Å². The fourth-order valence-corrected chi connectivity index (χ4v) is 2.64. The van der Waals surface area contributed by atoms with Gasteiger partial charge in [0.05, 0.1) is 18.5 Å². The molecule has 1 aliphatic carbocycles. The van der Waals surface area contributed by atoms with Gasteiger partial charge in [0.15, 0.2) is 0 Å². The van der Waals surface area contributed by atoms with Gasteiger partial charge in [0.2, 0.25) is 5.91 Å². The average Bonchev–Trinajstić information content (AvgIpc) is 2.99. The Bertz CT molecular complexity index is 703. The number of amides is 1. The minimum absolute atomic E-state index is 0.00210.